The van der Waals surface area contributed by atoms with E-state index in [2.05, 4.69) is 11.8 Å². The average molecular weight is 301 g/mol. The second-order valence-electron chi connectivity index (χ2n) is 4.71. The smallest absolute Gasteiger partial charge is 0.416 e. The van der Waals surface area contributed by atoms with Gasteiger partial charge in [-0.3, -0.25) is 0 Å². The first-order valence-electron chi connectivity index (χ1n) is 5.87. The molecule has 0 amide bonds. The molecule has 114 valence electrons. The maximum absolute atomic E-state index is 12.6. The van der Waals surface area contributed by atoms with Gasteiger partial charge in [0.05, 0.1) is 5.56 Å². The number of ether oxygens (including phenoxy) is 1. The molecule has 0 spiro atoms. The van der Waals surface area contributed by atoms with Crippen molar-refractivity contribution in [3.63, 3.8) is 0 Å². The fourth-order valence-electron chi connectivity index (χ4n) is 1.25. The molecule has 0 unspecified atom stereocenters. The number of nitrogens with two attached hydrogens (primary N) is 1. The van der Waals surface area contributed by atoms with Crippen molar-refractivity contribution < 1.29 is 27.8 Å². The van der Waals surface area contributed by atoms with Crippen molar-refractivity contribution in [3.8, 4) is 11.8 Å². The van der Waals surface area contributed by atoms with Gasteiger partial charge in [0, 0.05) is 11.3 Å². The standard InChI is InChI=1S/C14H14F3NO3/c1-13(2,12(19)20)21-7-3-4-9-8-10(14(15,16)17)5-6-11(9)18/h5-6,8H,7,18H2,1-2H3,(H,19,20). The lowest BCUT2D eigenvalue weighted by atomic mass is 10.1. The number of aliphatic carboxylic acids is 1. The summed E-state index contributed by atoms with van der Waals surface area (Å²) < 4.78 is 42.7. The van der Waals surface area contributed by atoms with Crippen LogP contribution in [0.2, 0.25) is 0 Å². The minimum Gasteiger partial charge on any atom is -0.479 e. The summed E-state index contributed by atoms with van der Waals surface area (Å²) in [4.78, 5) is 10.8. The minimum absolute atomic E-state index is 0.0153. The van der Waals surface area contributed by atoms with Crippen molar-refractivity contribution in [2.75, 3.05) is 12.3 Å². The van der Waals surface area contributed by atoms with E-state index in [1.54, 1.807) is 0 Å². The molecular weight excluding hydrogens is 287 g/mol. The van der Waals surface area contributed by atoms with Crippen molar-refractivity contribution in [3.05, 3.63) is 29.3 Å². The Balaban J connectivity index is 2.85. The number of anilines is 1. The zero-order valence-corrected chi connectivity index (χ0v) is 11.4. The highest BCUT2D eigenvalue weighted by molar-refractivity contribution is 5.76. The molecule has 1 aromatic carbocycles. The van der Waals surface area contributed by atoms with E-state index in [1.807, 2.05) is 0 Å². The summed E-state index contributed by atoms with van der Waals surface area (Å²) in [6.45, 7) is 2.44. The Labute approximate surface area is 119 Å². The van der Waals surface area contributed by atoms with E-state index in [0.29, 0.717) is 0 Å². The van der Waals surface area contributed by atoms with Gasteiger partial charge in [0.2, 0.25) is 0 Å². The van der Waals surface area contributed by atoms with Crippen LogP contribution >= 0.6 is 0 Å². The van der Waals surface area contributed by atoms with Gasteiger partial charge in [0.25, 0.3) is 0 Å². The predicted octanol–water partition coefficient (Wildman–Crippen LogP) is 2.52. The molecule has 0 saturated carbocycles. The Hall–Kier alpha value is -2.20. The van der Waals surface area contributed by atoms with Crippen LogP contribution in [0.15, 0.2) is 18.2 Å². The van der Waals surface area contributed by atoms with Crippen molar-refractivity contribution in [1.82, 2.24) is 0 Å². The molecule has 0 radical (unpaired) electrons. The van der Waals surface area contributed by atoms with E-state index < -0.39 is 23.3 Å². The third kappa shape index (κ3) is 4.68. The number of hydrogen-bond donors (Lipinski definition) is 2. The molecule has 0 heterocycles. The molecule has 7 heteroatoms. The average Bonchev–Trinajstić information content (AvgIpc) is 2.34. The van der Waals surface area contributed by atoms with Crippen molar-refractivity contribution in [2.24, 2.45) is 0 Å². The Kier molecular flexibility index (Phi) is 4.86. The fourth-order valence-corrected chi connectivity index (χ4v) is 1.25. The van der Waals surface area contributed by atoms with Crippen LogP contribution in [0, 0.1) is 11.8 Å². The largest absolute Gasteiger partial charge is 0.479 e. The first-order valence-corrected chi connectivity index (χ1v) is 5.87. The monoisotopic (exact) mass is 301 g/mol. The molecular formula is C14H14F3NO3. The van der Waals surface area contributed by atoms with Crippen LogP contribution in [0.3, 0.4) is 0 Å². The third-order valence-corrected chi connectivity index (χ3v) is 2.62. The number of hydrogen-bond acceptors (Lipinski definition) is 3. The lowest BCUT2D eigenvalue weighted by molar-refractivity contribution is -0.159. The van der Waals surface area contributed by atoms with Gasteiger partial charge < -0.3 is 15.6 Å². The summed E-state index contributed by atoms with van der Waals surface area (Å²) in [5, 5.41) is 8.81. The van der Waals surface area contributed by atoms with Gasteiger partial charge >= 0.3 is 12.1 Å². The number of carboxylic acid groups (broad SMARTS) is 1. The van der Waals surface area contributed by atoms with Crippen molar-refractivity contribution >= 4 is 11.7 Å². The van der Waals surface area contributed by atoms with E-state index in [-0.39, 0.29) is 17.9 Å². The number of halogens is 3. The quantitative estimate of drug-likeness (QED) is 0.664. The normalized spacial score (nSPS) is 11.7. The molecule has 0 saturated heterocycles. The molecule has 0 bridgehead atoms. The topological polar surface area (TPSA) is 72.5 Å². The number of carboxylic acids is 1. The van der Waals surface area contributed by atoms with Gasteiger partial charge in [-0.2, -0.15) is 13.2 Å². The Morgan fingerprint density at radius 2 is 2.00 bits per heavy atom. The Bertz CT molecular complexity index is 598. The molecule has 4 nitrogen and oxygen atoms in total. The van der Waals surface area contributed by atoms with Crippen LogP contribution in [-0.2, 0) is 15.7 Å². The van der Waals surface area contributed by atoms with Crippen LogP contribution in [0.5, 0.6) is 0 Å². The molecule has 3 N–H and O–H groups in total. The zero-order valence-electron chi connectivity index (χ0n) is 11.4. The Morgan fingerprint density at radius 1 is 1.38 bits per heavy atom. The van der Waals surface area contributed by atoms with E-state index in [1.165, 1.54) is 13.8 Å². The number of rotatable bonds is 3. The maximum Gasteiger partial charge on any atom is 0.416 e. The van der Waals surface area contributed by atoms with Gasteiger partial charge in [0.15, 0.2) is 5.60 Å². The summed E-state index contributed by atoms with van der Waals surface area (Å²) in [6, 6.07) is 2.82. The SMILES string of the molecule is CC(C)(OCC#Cc1cc(C(F)(F)F)ccc1N)C(=O)O. The van der Waals surface area contributed by atoms with Crippen LogP contribution in [0.4, 0.5) is 18.9 Å². The molecule has 0 aliphatic heterocycles. The molecule has 0 aromatic heterocycles. The molecule has 1 aromatic rings. The number of carbonyl (C=O) groups is 1. The number of benzene rings is 1. The number of nitrogen functional groups attached to an aromatic ring is 1. The fraction of sp³-hybridized carbons (Fsp3) is 0.357. The van der Waals surface area contributed by atoms with Crippen LogP contribution in [0.1, 0.15) is 25.0 Å². The zero-order chi connectivity index (χ0) is 16.3. The second kappa shape index (κ2) is 6.06. The van der Waals surface area contributed by atoms with E-state index >= 15 is 0 Å². The minimum atomic E-state index is -4.48. The van der Waals surface area contributed by atoms with Gasteiger partial charge in [-0.25, -0.2) is 4.79 Å². The number of alkyl halides is 3. The summed E-state index contributed by atoms with van der Waals surface area (Å²) in [6.07, 6.45) is -4.48. The highest BCUT2D eigenvalue weighted by Crippen LogP contribution is 2.30. The lowest BCUT2D eigenvalue weighted by Gasteiger charge is -2.17. The summed E-state index contributed by atoms with van der Waals surface area (Å²) in [5.74, 6) is 3.73. The summed E-state index contributed by atoms with van der Waals surface area (Å²) in [7, 11) is 0. The van der Waals surface area contributed by atoms with Gasteiger partial charge in [-0.15, -0.1) is 0 Å². The van der Waals surface area contributed by atoms with E-state index in [4.69, 9.17) is 15.6 Å². The predicted molar refractivity (Wildman–Crippen MR) is 70.4 cm³/mol. The summed E-state index contributed by atoms with van der Waals surface area (Å²) >= 11 is 0. The molecule has 1 rings (SSSR count). The van der Waals surface area contributed by atoms with Gasteiger partial charge in [-0.1, -0.05) is 11.8 Å². The lowest BCUT2D eigenvalue weighted by Crippen LogP contribution is -2.34. The van der Waals surface area contributed by atoms with Crippen molar-refractivity contribution in [1.29, 1.82) is 0 Å². The highest BCUT2D eigenvalue weighted by atomic mass is 19.4. The van der Waals surface area contributed by atoms with Crippen molar-refractivity contribution in [2.45, 2.75) is 25.6 Å². The van der Waals surface area contributed by atoms with Gasteiger partial charge in [0.1, 0.15) is 6.61 Å². The molecule has 0 atom stereocenters. The molecule has 0 aliphatic rings. The third-order valence-electron chi connectivity index (χ3n) is 2.62. The summed E-state index contributed by atoms with van der Waals surface area (Å²) in [5.41, 5.74) is 3.39. The second-order valence-corrected chi connectivity index (χ2v) is 4.71. The Morgan fingerprint density at radius 3 is 2.52 bits per heavy atom. The van der Waals surface area contributed by atoms with Crippen LogP contribution in [-0.4, -0.2) is 23.3 Å². The molecule has 0 fully saturated rings. The van der Waals surface area contributed by atoms with Crippen LogP contribution < -0.4 is 5.73 Å². The molecule has 21 heavy (non-hydrogen) atoms. The highest BCUT2D eigenvalue weighted by Gasteiger charge is 2.30. The maximum atomic E-state index is 12.6. The molecule has 0 aliphatic carbocycles. The first-order chi connectivity index (χ1) is 9.54. The van der Waals surface area contributed by atoms with E-state index in [9.17, 15) is 18.0 Å². The first kappa shape index (κ1) is 16.9. The van der Waals surface area contributed by atoms with Gasteiger partial charge in [-0.05, 0) is 32.0 Å². The van der Waals surface area contributed by atoms with Crippen LogP contribution in [0.25, 0.3) is 0 Å². The van der Waals surface area contributed by atoms with E-state index in [0.717, 1.165) is 18.2 Å².